The Hall–Kier alpha value is -0.980. The van der Waals surface area contributed by atoms with Crippen LogP contribution in [-0.4, -0.2) is 5.54 Å². The summed E-state index contributed by atoms with van der Waals surface area (Å²) >= 11 is 0. The number of nitrogens with one attached hydrogen (secondary N) is 1. The van der Waals surface area contributed by atoms with Gasteiger partial charge in [-0.05, 0) is 32.9 Å². The Kier molecular flexibility index (Phi) is 2.18. The second kappa shape index (κ2) is 2.95. The molecule has 1 aromatic rings. The normalized spacial score (nSPS) is 11.2. The molecule has 1 rings (SSSR count). The molecule has 0 amide bonds. The number of anilines is 1. The second-order valence-electron chi connectivity index (χ2n) is 3.37. The summed E-state index contributed by atoms with van der Waals surface area (Å²) in [5.74, 6) is 0. The third-order valence-electron chi connectivity index (χ3n) is 1.26. The van der Waals surface area contributed by atoms with Gasteiger partial charge in [0.05, 0.1) is 0 Å². The second-order valence-corrected chi connectivity index (χ2v) is 3.37. The third-order valence-corrected chi connectivity index (χ3v) is 1.26. The van der Waals surface area contributed by atoms with Crippen molar-refractivity contribution in [2.45, 2.75) is 19.4 Å². The highest BCUT2D eigenvalue weighted by Crippen LogP contribution is 2.12. The molecule has 0 bridgehead atoms. The minimum absolute atomic E-state index is 0.0959. The van der Waals surface area contributed by atoms with Crippen LogP contribution in [0.2, 0.25) is 0 Å². The maximum Gasteiger partial charge on any atom is 0.0344 e. The standard InChI is InChI=1S/C10H14N/c1-10(2,3)11-9-7-5-4-6-8-9/h4-8,11H,1H2,2-3H3. The summed E-state index contributed by atoms with van der Waals surface area (Å²) in [6.07, 6.45) is 0. The molecule has 0 saturated carbocycles. The van der Waals surface area contributed by atoms with Crippen LogP contribution in [0.1, 0.15) is 13.8 Å². The monoisotopic (exact) mass is 148 g/mol. The molecular formula is C10H14N. The van der Waals surface area contributed by atoms with Crippen LogP contribution in [0.5, 0.6) is 0 Å². The lowest BCUT2D eigenvalue weighted by molar-refractivity contribution is 0.708. The van der Waals surface area contributed by atoms with Crippen molar-refractivity contribution in [2.75, 3.05) is 5.32 Å². The first kappa shape index (κ1) is 8.12. The van der Waals surface area contributed by atoms with Gasteiger partial charge in [-0.2, -0.15) is 0 Å². The molecule has 0 fully saturated rings. The van der Waals surface area contributed by atoms with E-state index in [9.17, 15) is 0 Å². The van der Waals surface area contributed by atoms with Crippen LogP contribution in [0.3, 0.4) is 0 Å². The summed E-state index contributed by atoms with van der Waals surface area (Å²) in [7, 11) is 0. The molecule has 1 nitrogen and oxygen atoms in total. The molecule has 0 aliphatic heterocycles. The molecule has 0 atom stereocenters. The topological polar surface area (TPSA) is 12.0 Å². The minimum Gasteiger partial charge on any atom is -0.380 e. The van der Waals surface area contributed by atoms with Gasteiger partial charge in [-0.15, -0.1) is 0 Å². The molecule has 0 heterocycles. The quantitative estimate of drug-likeness (QED) is 0.680. The van der Waals surface area contributed by atoms with E-state index in [2.05, 4.69) is 12.2 Å². The summed E-state index contributed by atoms with van der Waals surface area (Å²) in [5, 5.41) is 3.27. The smallest absolute Gasteiger partial charge is 0.0344 e. The molecule has 0 saturated heterocycles. The van der Waals surface area contributed by atoms with Crippen molar-refractivity contribution in [3.8, 4) is 0 Å². The molecule has 0 aromatic heterocycles. The van der Waals surface area contributed by atoms with Gasteiger partial charge in [-0.3, -0.25) is 0 Å². The lowest BCUT2D eigenvalue weighted by Crippen LogP contribution is -2.26. The number of para-hydroxylation sites is 1. The lowest BCUT2D eigenvalue weighted by atomic mass is 10.1. The Morgan fingerprint density at radius 2 is 1.73 bits per heavy atom. The zero-order valence-corrected chi connectivity index (χ0v) is 7.09. The number of benzene rings is 1. The largest absolute Gasteiger partial charge is 0.380 e. The van der Waals surface area contributed by atoms with E-state index in [-0.39, 0.29) is 5.54 Å². The molecule has 0 unspecified atom stereocenters. The molecule has 0 spiro atoms. The molecule has 0 aliphatic carbocycles. The van der Waals surface area contributed by atoms with Gasteiger partial charge in [0.1, 0.15) is 0 Å². The van der Waals surface area contributed by atoms with Gasteiger partial charge in [0.15, 0.2) is 0 Å². The van der Waals surface area contributed by atoms with Crippen LogP contribution in [0.25, 0.3) is 0 Å². The van der Waals surface area contributed by atoms with Gasteiger partial charge in [-0.1, -0.05) is 18.2 Å². The lowest BCUT2D eigenvalue weighted by Gasteiger charge is -2.21. The Balaban J connectivity index is 2.66. The van der Waals surface area contributed by atoms with Crippen molar-refractivity contribution in [3.05, 3.63) is 37.3 Å². The van der Waals surface area contributed by atoms with Crippen LogP contribution in [-0.2, 0) is 0 Å². The average Bonchev–Trinajstić information content (AvgIpc) is 1.85. The fraction of sp³-hybridized carbons (Fsp3) is 0.300. The zero-order valence-electron chi connectivity index (χ0n) is 7.09. The van der Waals surface area contributed by atoms with E-state index in [1.807, 2.05) is 44.2 Å². The van der Waals surface area contributed by atoms with E-state index in [1.165, 1.54) is 0 Å². The maximum atomic E-state index is 3.95. The number of hydrogen-bond acceptors (Lipinski definition) is 1. The molecule has 0 aliphatic rings. The van der Waals surface area contributed by atoms with Crippen LogP contribution in [0, 0.1) is 6.92 Å². The Bertz CT molecular complexity index is 208. The summed E-state index contributed by atoms with van der Waals surface area (Å²) in [6.45, 7) is 8.04. The van der Waals surface area contributed by atoms with E-state index in [0.29, 0.717) is 0 Å². The Labute approximate surface area is 68.4 Å². The molecule has 59 valence electrons. The molecule has 11 heavy (non-hydrogen) atoms. The molecule has 1 heteroatoms. The molecule has 1 aromatic carbocycles. The molecule has 1 N–H and O–H groups in total. The van der Waals surface area contributed by atoms with Gasteiger partial charge in [0, 0.05) is 11.2 Å². The van der Waals surface area contributed by atoms with E-state index in [4.69, 9.17) is 0 Å². The van der Waals surface area contributed by atoms with Crippen molar-refractivity contribution in [1.29, 1.82) is 0 Å². The first-order chi connectivity index (χ1) is 5.08. The van der Waals surface area contributed by atoms with Crippen molar-refractivity contribution in [3.63, 3.8) is 0 Å². The van der Waals surface area contributed by atoms with E-state index < -0.39 is 0 Å². The first-order valence-corrected chi connectivity index (χ1v) is 3.76. The summed E-state index contributed by atoms with van der Waals surface area (Å²) < 4.78 is 0. The molecule has 1 radical (unpaired) electrons. The molecular weight excluding hydrogens is 134 g/mol. The summed E-state index contributed by atoms with van der Waals surface area (Å²) in [5.41, 5.74) is 1.02. The highest BCUT2D eigenvalue weighted by atomic mass is 14.9. The maximum absolute atomic E-state index is 3.95. The van der Waals surface area contributed by atoms with E-state index in [0.717, 1.165) is 5.69 Å². The van der Waals surface area contributed by atoms with E-state index >= 15 is 0 Å². The minimum atomic E-state index is -0.0959. The number of rotatable bonds is 2. The van der Waals surface area contributed by atoms with Crippen molar-refractivity contribution in [1.82, 2.24) is 0 Å². The predicted octanol–water partition coefficient (Wildman–Crippen LogP) is 2.71. The van der Waals surface area contributed by atoms with Crippen LogP contribution in [0.15, 0.2) is 30.3 Å². The SMILES string of the molecule is [CH2]C(C)(C)Nc1ccccc1. The van der Waals surface area contributed by atoms with Gasteiger partial charge in [-0.25, -0.2) is 0 Å². The van der Waals surface area contributed by atoms with Crippen LogP contribution >= 0.6 is 0 Å². The van der Waals surface area contributed by atoms with Crippen LogP contribution in [0.4, 0.5) is 5.69 Å². The van der Waals surface area contributed by atoms with Gasteiger partial charge >= 0.3 is 0 Å². The van der Waals surface area contributed by atoms with Crippen molar-refractivity contribution < 1.29 is 0 Å². The Morgan fingerprint density at radius 1 is 1.18 bits per heavy atom. The third kappa shape index (κ3) is 3.08. The predicted molar refractivity (Wildman–Crippen MR) is 49.5 cm³/mol. The highest BCUT2D eigenvalue weighted by molar-refractivity contribution is 5.44. The van der Waals surface area contributed by atoms with Gasteiger partial charge in [0.25, 0.3) is 0 Å². The number of hydrogen-bond donors (Lipinski definition) is 1. The van der Waals surface area contributed by atoms with Crippen molar-refractivity contribution >= 4 is 5.69 Å². The summed E-state index contributed by atoms with van der Waals surface area (Å²) in [6, 6.07) is 10.1. The first-order valence-electron chi connectivity index (χ1n) is 3.76. The zero-order chi connectivity index (χ0) is 8.32. The van der Waals surface area contributed by atoms with Crippen molar-refractivity contribution in [2.24, 2.45) is 0 Å². The van der Waals surface area contributed by atoms with Gasteiger partial charge < -0.3 is 5.32 Å². The Morgan fingerprint density at radius 3 is 2.18 bits per heavy atom. The average molecular weight is 148 g/mol. The van der Waals surface area contributed by atoms with Crippen LogP contribution < -0.4 is 5.32 Å². The fourth-order valence-electron chi connectivity index (χ4n) is 0.912. The highest BCUT2D eigenvalue weighted by Gasteiger charge is 2.07. The fourth-order valence-corrected chi connectivity index (χ4v) is 0.912. The van der Waals surface area contributed by atoms with E-state index in [1.54, 1.807) is 0 Å². The van der Waals surface area contributed by atoms with Gasteiger partial charge in [0.2, 0.25) is 0 Å². The summed E-state index contributed by atoms with van der Waals surface area (Å²) in [4.78, 5) is 0.